The van der Waals surface area contributed by atoms with Crippen molar-refractivity contribution in [2.24, 2.45) is 11.8 Å². The number of aliphatic hydroxyl groups excluding tert-OH is 1. The summed E-state index contributed by atoms with van der Waals surface area (Å²) < 4.78 is 6.43. The van der Waals surface area contributed by atoms with Crippen LogP contribution >= 0.6 is 11.6 Å². The Kier molecular flexibility index (Phi) is 6.53. The third-order valence-electron chi connectivity index (χ3n) is 7.88. The van der Waals surface area contributed by atoms with Crippen molar-refractivity contribution in [3.05, 3.63) is 59.1 Å². The van der Waals surface area contributed by atoms with Crippen LogP contribution in [0.15, 0.2) is 48.5 Å². The smallest absolute Gasteiger partial charge is 0.250 e. The molecule has 8 nitrogen and oxygen atoms in total. The molecule has 3 aliphatic heterocycles. The highest BCUT2D eigenvalue weighted by Gasteiger charge is 2.75. The maximum Gasteiger partial charge on any atom is 0.250 e. The molecule has 5 rings (SSSR count). The molecular weight excluding hydrogens is 482 g/mol. The summed E-state index contributed by atoms with van der Waals surface area (Å²) in [7, 11) is 0. The Labute approximate surface area is 215 Å². The van der Waals surface area contributed by atoms with Gasteiger partial charge >= 0.3 is 0 Å². The largest absolute Gasteiger partial charge is 0.394 e. The van der Waals surface area contributed by atoms with Crippen molar-refractivity contribution in [1.82, 2.24) is 4.90 Å². The number of para-hydroxylation sites is 2. The summed E-state index contributed by atoms with van der Waals surface area (Å²) in [6, 6.07) is 12.8. The van der Waals surface area contributed by atoms with E-state index in [4.69, 9.17) is 16.3 Å². The van der Waals surface area contributed by atoms with Gasteiger partial charge in [0, 0.05) is 5.69 Å². The monoisotopic (exact) mass is 511 g/mol. The van der Waals surface area contributed by atoms with Gasteiger partial charge in [0.05, 0.1) is 41.3 Å². The molecule has 0 radical (unpaired) electrons. The molecule has 6 atom stereocenters. The van der Waals surface area contributed by atoms with Gasteiger partial charge in [0.25, 0.3) is 0 Å². The molecule has 36 heavy (non-hydrogen) atoms. The van der Waals surface area contributed by atoms with E-state index in [1.807, 2.05) is 38.1 Å². The molecule has 2 aromatic carbocycles. The zero-order chi connectivity index (χ0) is 25.6. The van der Waals surface area contributed by atoms with Crippen molar-refractivity contribution in [3.8, 4) is 0 Å². The van der Waals surface area contributed by atoms with Gasteiger partial charge in [-0.15, -0.1) is 0 Å². The SMILES string of the molecule is CC[C@@H](CO)N1C(=O)[C@@H]2[C@@H](C(=O)Nc3ccccc3)[C@H]3CCC2(O3)C1C(=O)Nc1c(C)cccc1Cl. The summed E-state index contributed by atoms with van der Waals surface area (Å²) in [6.45, 7) is 3.39. The fourth-order valence-electron chi connectivity index (χ4n) is 6.23. The molecule has 3 aliphatic rings. The summed E-state index contributed by atoms with van der Waals surface area (Å²) >= 11 is 6.37. The third-order valence-corrected chi connectivity index (χ3v) is 8.19. The average Bonchev–Trinajstić information content (AvgIpc) is 3.51. The molecule has 3 amide bonds. The predicted molar refractivity (Wildman–Crippen MR) is 136 cm³/mol. The van der Waals surface area contributed by atoms with E-state index < -0.39 is 41.5 Å². The number of anilines is 2. The normalized spacial score (nSPS) is 29.2. The number of halogens is 1. The summed E-state index contributed by atoms with van der Waals surface area (Å²) in [4.78, 5) is 42.7. The predicted octanol–water partition coefficient (Wildman–Crippen LogP) is 3.37. The summed E-state index contributed by atoms with van der Waals surface area (Å²) in [5, 5.41) is 16.3. The lowest BCUT2D eigenvalue weighted by molar-refractivity contribution is -0.143. The minimum absolute atomic E-state index is 0.300. The first-order valence-corrected chi connectivity index (χ1v) is 12.7. The van der Waals surface area contributed by atoms with Gasteiger partial charge < -0.3 is 25.4 Å². The first-order chi connectivity index (χ1) is 17.3. The van der Waals surface area contributed by atoms with Crippen LogP contribution in [0.1, 0.15) is 31.7 Å². The van der Waals surface area contributed by atoms with Crippen LogP contribution in [0.3, 0.4) is 0 Å². The van der Waals surface area contributed by atoms with E-state index in [0.29, 0.717) is 35.7 Å². The van der Waals surface area contributed by atoms with E-state index >= 15 is 0 Å². The lowest BCUT2D eigenvalue weighted by atomic mass is 9.70. The van der Waals surface area contributed by atoms with Crippen LogP contribution in [0, 0.1) is 18.8 Å². The zero-order valence-electron chi connectivity index (χ0n) is 20.2. The van der Waals surface area contributed by atoms with Crippen molar-refractivity contribution >= 4 is 40.7 Å². The number of fused-ring (bicyclic) bond motifs is 1. The molecule has 2 unspecified atom stereocenters. The molecule has 2 bridgehead atoms. The number of carbonyl (C=O) groups is 3. The molecule has 0 saturated carbocycles. The molecule has 9 heteroatoms. The quantitative estimate of drug-likeness (QED) is 0.528. The van der Waals surface area contributed by atoms with Gasteiger partial charge in [0.15, 0.2) is 0 Å². The molecule has 1 spiro atoms. The molecule has 2 aromatic rings. The van der Waals surface area contributed by atoms with Gasteiger partial charge in [-0.25, -0.2) is 0 Å². The summed E-state index contributed by atoms with van der Waals surface area (Å²) in [5.74, 6) is -2.61. The van der Waals surface area contributed by atoms with Gasteiger partial charge in [0.1, 0.15) is 11.6 Å². The van der Waals surface area contributed by atoms with Crippen molar-refractivity contribution in [2.45, 2.75) is 56.9 Å². The van der Waals surface area contributed by atoms with Gasteiger partial charge in [-0.1, -0.05) is 48.9 Å². The van der Waals surface area contributed by atoms with E-state index in [2.05, 4.69) is 10.6 Å². The highest BCUT2D eigenvalue weighted by atomic mass is 35.5. The minimum atomic E-state index is -1.15. The average molecular weight is 512 g/mol. The standard InChI is InChI=1S/C27H30ClN3O5/c1-3-17(14-32)31-23(25(34)30-22-15(2)8-7-11-18(22)28)27-13-12-19(36-27)20(21(27)26(31)35)24(33)29-16-9-5-4-6-10-16/h4-11,17,19-21,23,32H,3,12-14H2,1-2H3,(H,29,33)(H,30,34)/t17-,19+,20-,21-,23?,27?/m0/s1. The van der Waals surface area contributed by atoms with Crippen LogP contribution in [-0.2, 0) is 19.1 Å². The number of hydrogen-bond acceptors (Lipinski definition) is 5. The fraction of sp³-hybridized carbons (Fsp3) is 0.444. The fourth-order valence-corrected chi connectivity index (χ4v) is 6.50. The summed E-state index contributed by atoms with van der Waals surface area (Å²) in [5.41, 5.74) is 0.737. The van der Waals surface area contributed by atoms with E-state index in [1.165, 1.54) is 4.90 Å². The van der Waals surface area contributed by atoms with E-state index in [9.17, 15) is 19.5 Å². The Morgan fingerprint density at radius 3 is 2.58 bits per heavy atom. The highest BCUT2D eigenvalue weighted by Crippen LogP contribution is 2.59. The van der Waals surface area contributed by atoms with Gasteiger partial charge in [-0.05, 0) is 49.9 Å². The molecule has 3 N–H and O–H groups in total. The number of nitrogens with zero attached hydrogens (tertiary/aromatic N) is 1. The van der Waals surface area contributed by atoms with Crippen LogP contribution < -0.4 is 10.6 Å². The number of hydrogen-bond donors (Lipinski definition) is 3. The maximum absolute atomic E-state index is 13.9. The van der Waals surface area contributed by atoms with Crippen LogP contribution in [0.5, 0.6) is 0 Å². The van der Waals surface area contributed by atoms with Crippen LogP contribution in [0.25, 0.3) is 0 Å². The number of benzene rings is 2. The molecule has 3 heterocycles. The second kappa shape index (κ2) is 9.50. The number of nitrogens with one attached hydrogen (secondary N) is 2. The molecule has 190 valence electrons. The number of likely N-dealkylation sites (tertiary alicyclic amines) is 1. The number of aliphatic hydroxyl groups is 1. The molecule has 0 aliphatic carbocycles. The third kappa shape index (κ3) is 3.79. The van der Waals surface area contributed by atoms with E-state index in [1.54, 1.807) is 24.3 Å². The first-order valence-electron chi connectivity index (χ1n) is 12.3. The number of aryl methyl sites for hydroxylation is 1. The number of ether oxygens (including phenoxy) is 1. The van der Waals surface area contributed by atoms with E-state index in [0.717, 1.165) is 5.56 Å². The van der Waals surface area contributed by atoms with Gasteiger partial charge in [-0.2, -0.15) is 0 Å². The topological polar surface area (TPSA) is 108 Å². The first kappa shape index (κ1) is 24.7. The lowest BCUT2D eigenvalue weighted by Crippen LogP contribution is -2.56. The van der Waals surface area contributed by atoms with Crippen LogP contribution in [0.4, 0.5) is 11.4 Å². The molecule has 3 saturated heterocycles. The van der Waals surface area contributed by atoms with Crippen molar-refractivity contribution < 1.29 is 24.2 Å². The van der Waals surface area contributed by atoms with Gasteiger partial charge in [-0.3, -0.25) is 14.4 Å². The minimum Gasteiger partial charge on any atom is -0.394 e. The van der Waals surface area contributed by atoms with Crippen LogP contribution in [0.2, 0.25) is 5.02 Å². The number of carbonyl (C=O) groups excluding carboxylic acids is 3. The molecule has 3 fully saturated rings. The Hall–Kier alpha value is -2.94. The molecule has 0 aromatic heterocycles. The zero-order valence-corrected chi connectivity index (χ0v) is 21.0. The number of rotatable bonds is 7. The van der Waals surface area contributed by atoms with Crippen molar-refractivity contribution in [2.75, 3.05) is 17.2 Å². The lowest BCUT2D eigenvalue weighted by Gasteiger charge is -2.36. The summed E-state index contributed by atoms with van der Waals surface area (Å²) in [6.07, 6.45) is 1.03. The second-order valence-corrected chi connectivity index (χ2v) is 10.2. The Bertz CT molecular complexity index is 1170. The van der Waals surface area contributed by atoms with E-state index in [-0.39, 0.29) is 18.4 Å². The molecular formula is C27H30ClN3O5. The highest BCUT2D eigenvalue weighted by molar-refractivity contribution is 6.34. The van der Waals surface area contributed by atoms with Gasteiger partial charge in [0.2, 0.25) is 17.7 Å². The maximum atomic E-state index is 13.9. The Balaban J connectivity index is 1.52. The second-order valence-electron chi connectivity index (χ2n) is 9.82. The van der Waals surface area contributed by atoms with Crippen molar-refractivity contribution in [1.29, 1.82) is 0 Å². The number of amides is 3. The van der Waals surface area contributed by atoms with Crippen molar-refractivity contribution in [3.63, 3.8) is 0 Å². The Morgan fingerprint density at radius 2 is 1.92 bits per heavy atom. The van der Waals surface area contributed by atoms with Crippen LogP contribution in [-0.4, -0.2) is 58.1 Å². The Morgan fingerprint density at radius 1 is 1.17 bits per heavy atom.